The van der Waals surface area contributed by atoms with Crippen LogP contribution >= 0.6 is 0 Å². The monoisotopic (exact) mass is 359 g/mol. The molecule has 25 heavy (non-hydrogen) atoms. The molecule has 0 aliphatic rings. The van der Waals surface area contributed by atoms with Gasteiger partial charge in [0.15, 0.2) is 0 Å². The number of hydrogen-bond acceptors (Lipinski definition) is 3. The lowest BCUT2D eigenvalue weighted by Gasteiger charge is -2.19. The number of methoxy groups -OCH3 is 1. The number of nitrogens with zero attached hydrogens (tertiary/aromatic N) is 1. The van der Waals surface area contributed by atoms with Crippen molar-refractivity contribution < 1.29 is 37.0 Å². The van der Waals surface area contributed by atoms with Gasteiger partial charge in [0.05, 0.1) is 12.7 Å². The number of fused-ring (bicyclic) bond motifs is 1. The number of rotatable bonds is 4. The Balaban J connectivity index is 2.76. The Labute approximate surface area is 139 Å². The van der Waals surface area contributed by atoms with Crippen molar-refractivity contribution in [3.8, 4) is 5.75 Å². The number of alkyl halides is 3. The first-order chi connectivity index (χ1) is 11.6. The van der Waals surface area contributed by atoms with Gasteiger partial charge in [-0.2, -0.15) is 13.2 Å². The molecule has 0 spiro atoms. The normalized spacial score (nSPS) is 11.4. The van der Waals surface area contributed by atoms with Gasteiger partial charge in [-0.3, -0.25) is 9.59 Å². The van der Waals surface area contributed by atoms with Gasteiger partial charge < -0.3 is 14.7 Å². The number of likely N-dealkylation sites (N-methyl/N-ethyl adjacent to an activating group) is 1. The number of carbonyl (C=O) groups is 2. The van der Waals surface area contributed by atoms with Crippen molar-refractivity contribution in [3.05, 3.63) is 41.2 Å². The minimum absolute atomic E-state index is 0.282. The highest BCUT2D eigenvalue weighted by Crippen LogP contribution is 2.42. The summed E-state index contributed by atoms with van der Waals surface area (Å²) in [6.07, 6.45) is -4.80. The average molecular weight is 359 g/mol. The Hall–Kier alpha value is -2.84. The van der Waals surface area contributed by atoms with Crippen LogP contribution in [-0.2, 0) is 11.0 Å². The number of ether oxygens (including phenoxy) is 1. The highest BCUT2D eigenvalue weighted by atomic mass is 19.4. The standard InChI is InChI=1S/C16H13F4NO4/c1-21(7-12(22)23)15(24)13-8-4-6-11(25-2)14(16(18,19)20)9(8)3-5-10(13)17/h3-6H,7H2,1-2H3,(H,22,23). The van der Waals surface area contributed by atoms with Gasteiger partial charge in [0.1, 0.15) is 23.7 Å². The maximum Gasteiger partial charge on any atom is 0.420 e. The predicted octanol–water partition coefficient (Wildman–Crippen LogP) is 3.16. The van der Waals surface area contributed by atoms with Crippen molar-refractivity contribution in [1.29, 1.82) is 0 Å². The fraction of sp³-hybridized carbons (Fsp3) is 0.250. The van der Waals surface area contributed by atoms with Crippen molar-refractivity contribution in [2.45, 2.75) is 6.18 Å². The molecule has 2 aromatic rings. The number of halogens is 4. The molecule has 0 aliphatic heterocycles. The molecule has 5 nitrogen and oxygen atoms in total. The average Bonchev–Trinajstić information content (AvgIpc) is 2.51. The summed E-state index contributed by atoms with van der Waals surface area (Å²) in [6, 6.07) is 3.76. The van der Waals surface area contributed by atoms with Crippen molar-refractivity contribution in [1.82, 2.24) is 4.90 Å². The Morgan fingerprint density at radius 3 is 2.28 bits per heavy atom. The molecule has 0 aromatic heterocycles. The third-order valence-corrected chi connectivity index (χ3v) is 3.55. The molecule has 0 heterocycles. The van der Waals surface area contributed by atoms with Crippen LogP contribution in [0.2, 0.25) is 0 Å². The number of carbonyl (C=O) groups excluding carboxylic acids is 1. The number of carboxylic acids is 1. The van der Waals surface area contributed by atoms with Crippen molar-refractivity contribution in [2.75, 3.05) is 20.7 Å². The summed E-state index contributed by atoms with van der Waals surface area (Å²) in [5, 5.41) is 8.03. The Kier molecular flexibility index (Phi) is 4.87. The van der Waals surface area contributed by atoms with E-state index in [4.69, 9.17) is 9.84 Å². The summed E-state index contributed by atoms with van der Waals surface area (Å²) in [5.41, 5.74) is -1.77. The number of amides is 1. The molecule has 0 saturated carbocycles. The maximum atomic E-state index is 14.2. The van der Waals surface area contributed by atoms with E-state index in [1.54, 1.807) is 0 Å². The molecule has 0 bridgehead atoms. The van der Waals surface area contributed by atoms with Crippen LogP contribution in [0.15, 0.2) is 24.3 Å². The summed E-state index contributed by atoms with van der Waals surface area (Å²) in [6.45, 7) is -0.725. The number of aliphatic carboxylic acids is 1. The minimum atomic E-state index is -4.80. The van der Waals surface area contributed by atoms with Crippen molar-refractivity contribution in [3.63, 3.8) is 0 Å². The van der Waals surface area contributed by atoms with Crippen LogP contribution in [0.5, 0.6) is 5.75 Å². The summed E-state index contributed by atoms with van der Waals surface area (Å²) in [7, 11) is 2.18. The lowest BCUT2D eigenvalue weighted by molar-refractivity contribution is -0.138. The fourth-order valence-corrected chi connectivity index (χ4v) is 2.50. The van der Waals surface area contributed by atoms with E-state index in [1.807, 2.05) is 0 Å². The second-order valence-electron chi connectivity index (χ2n) is 5.21. The molecule has 9 heteroatoms. The van der Waals surface area contributed by atoms with Gasteiger partial charge in [0.2, 0.25) is 0 Å². The first-order valence-corrected chi connectivity index (χ1v) is 6.91. The zero-order valence-corrected chi connectivity index (χ0v) is 13.1. The maximum absolute atomic E-state index is 14.2. The summed E-state index contributed by atoms with van der Waals surface area (Å²) in [4.78, 5) is 23.8. The molecule has 0 radical (unpaired) electrons. The Morgan fingerprint density at radius 2 is 1.76 bits per heavy atom. The molecule has 0 saturated heterocycles. The number of hydrogen-bond donors (Lipinski definition) is 1. The zero-order chi connectivity index (χ0) is 18.9. The van der Waals surface area contributed by atoms with Crippen LogP contribution < -0.4 is 4.74 Å². The summed E-state index contributed by atoms with van der Waals surface area (Å²) in [5.74, 6) is -3.89. The Bertz CT molecular complexity index is 848. The van der Waals surface area contributed by atoms with E-state index >= 15 is 0 Å². The van der Waals surface area contributed by atoms with Crippen LogP contribution in [-0.4, -0.2) is 42.6 Å². The molecule has 0 fully saturated rings. The van der Waals surface area contributed by atoms with E-state index < -0.39 is 52.7 Å². The molecule has 0 aliphatic carbocycles. The van der Waals surface area contributed by atoms with Crippen molar-refractivity contribution in [2.24, 2.45) is 0 Å². The summed E-state index contributed by atoms with van der Waals surface area (Å²) < 4.78 is 59.0. The topological polar surface area (TPSA) is 66.8 Å². The predicted molar refractivity (Wildman–Crippen MR) is 80.1 cm³/mol. The van der Waals surface area contributed by atoms with Gasteiger partial charge in [0, 0.05) is 7.05 Å². The van der Waals surface area contributed by atoms with E-state index in [9.17, 15) is 27.2 Å². The van der Waals surface area contributed by atoms with Crippen LogP contribution in [0.25, 0.3) is 10.8 Å². The van der Waals surface area contributed by atoms with E-state index in [0.717, 1.165) is 38.4 Å². The lowest BCUT2D eigenvalue weighted by atomic mass is 9.97. The lowest BCUT2D eigenvalue weighted by Crippen LogP contribution is -2.32. The third kappa shape index (κ3) is 3.49. The molecule has 2 rings (SSSR count). The van der Waals surface area contributed by atoms with Gasteiger partial charge in [0.25, 0.3) is 5.91 Å². The zero-order valence-electron chi connectivity index (χ0n) is 13.1. The Morgan fingerprint density at radius 1 is 1.16 bits per heavy atom. The molecule has 0 unspecified atom stereocenters. The van der Waals surface area contributed by atoms with Gasteiger partial charge in [-0.05, 0) is 29.0 Å². The first kappa shape index (κ1) is 18.5. The molecule has 0 atom stereocenters. The molecular weight excluding hydrogens is 346 g/mol. The van der Waals surface area contributed by atoms with Crippen LogP contribution in [0.4, 0.5) is 17.6 Å². The smallest absolute Gasteiger partial charge is 0.420 e. The summed E-state index contributed by atoms with van der Waals surface area (Å²) >= 11 is 0. The van der Waals surface area contributed by atoms with Gasteiger partial charge in [-0.15, -0.1) is 0 Å². The van der Waals surface area contributed by atoms with Gasteiger partial charge in [-0.25, -0.2) is 4.39 Å². The van der Waals surface area contributed by atoms with Gasteiger partial charge in [-0.1, -0.05) is 6.07 Å². The number of carboxylic acid groups (broad SMARTS) is 1. The van der Waals surface area contributed by atoms with Crippen molar-refractivity contribution >= 4 is 22.6 Å². The first-order valence-electron chi connectivity index (χ1n) is 6.91. The minimum Gasteiger partial charge on any atom is -0.496 e. The molecule has 1 N–H and O–H groups in total. The second-order valence-corrected chi connectivity index (χ2v) is 5.21. The largest absolute Gasteiger partial charge is 0.496 e. The number of benzene rings is 2. The van der Waals surface area contributed by atoms with E-state index in [1.165, 1.54) is 0 Å². The van der Waals surface area contributed by atoms with Crippen LogP contribution in [0.1, 0.15) is 15.9 Å². The molecule has 2 aromatic carbocycles. The highest BCUT2D eigenvalue weighted by Gasteiger charge is 2.37. The second kappa shape index (κ2) is 6.58. The van der Waals surface area contributed by atoms with E-state index in [-0.39, 0.29) is 5.39 Å². The van der Waals surface area contributed by atoms with Crippen LogP contribution in [0, 0.1) is 5.82 Å². The van der Waals surface area contributed by atoms with E-state index in [0.29, 0.717) is 4.90 Å². The fourth-order valence-electron chi connectivity index (χ4n) is 2.50. The molecule has 134 valence electrons. The molecular formula is C16H13F4NO4. The van der Waals surface area contributed by atoms with Gasteiger partial charge >= 0.3 is 12.1 Å². The highest BCUT2D eigenvalue weighted by molar-refractivity contribution is 6.09. The third-order valence-electron chi connectivity index (χ3n) is 3.55. The SMILES string of the molecule is COc1ccc2c(C(=O)N(C)CC(=O)O)c(F)ccc2c1C(F)(F)F. The molecule has 1 amide bonds. The quantitative estimate of drug-likeness (QED) is 0.852. The van der Waals surface area contributed by atoms with Crippen LogP contribution in [0.3, 0.4) is 0 Å². The van der Waals surface area contributed by atoms with E-state index in [2.05, 4.69) is 0 Å².